The fraction of sp³-hybridized carbons (Fsp3) is 0.357. The quantitative estimate of drug-likeness (QED) is 0.750. The van der Waals surface area contributed by atoms with Crippen molar-refractivity contribution in [1.82, 2.24) is 10.3 Å². The van der Waals surface area contributed by atoms with Gasteiger partial charge in [-0.15, -0.1) is 11.3 Å². The lowest BCUT2D eigenvalue weighted by molar-refractivity contribution is 0.506. The van der Waals surface area contributed by atoms with Gasteiger partial charge in [-0.05, 0) is 35.5 Å². The van der Waals surface area contributed by atoms with Crippen LogP contribution < -0.4 is 5.32 Å². The van der Waals surface area contributed by atoms with Gasteiger partial charge in [0.1, 0.15) is 5.82 Å². The lowest BCUT2D eigenvalue weighted by Crippen LogP contribution is -2.24. The number of aryl methyl sites for hydroxylation is 1. The van der Waals surface area contributed by atoms with Crippen LogP contribution in [-0.2, 0) is 6.42 Å². The van der Waals surface area contributed by atoms with Crippen LogP contribution in [0.3, 0.4) is 0 Å². The molecule has 1 unspecified atom stereocenters. The Morgan fingerprint density at radius 2 is 2.25 bits per heavy atom. The first-order valence-electron chi connectivity index (χ1n) is 6.30. The minimum atomic E-state index is -0.376. The second kappa shape index (κ2) is 6.98. The van der Waals surface area contributed by atoms with Gasteiger partial charge in [-0.1, -0.05) is 24.6 Å². The van der Waals surface area contributed by atoms with Gasteiger partial charge in [0.05, 0.1) is 15.7 Å². The maximum atomic E-state index is 14.3. The minimum Gasteiger partial charge on any atom is -0.310 e. The van der Waals surface area contributed by atoms with Crippen LogP contribution in [-0.4, -0.2) is 11.5 Å². The zero-order chi connectivity index (χ0) is 14.7. The van der Waals surface area contributed by atoms with Crippen LogP contribution in [0.15, 0.2) is 22.0 Å². The van der Waals surface area contributed by atoms with Crippen molar-refractivity contribution in [1.29, 1.82) is 0 Å². The zero-order valence-corrected chi connectivity index (χ0v) is 14.4. The van der Waals surface area contributed by atoms with E-state index in [1.807, 2.05) is 19.2 Å². The molecule has 0 aliphatic carbocycles. The van der Waals surface area contributed by atoms with E-state index in [0.717, 1.165) is 17.2 Å². The van der Waals surface area contributed by atoms with Gasteiger partial charge < -0.3 is 5.32 Å². The molecule has 1 N–H and O–H groups in total. The topological polar surface area (TPSA) is 24.9 Å². The average Bonchev–Trinajstić information content (AvgIpc) is 2.81. The molecule has 1 atom stereocenters. The third-order valence-electron chi connectivity index (χ3n) is 2.97. The van der Waals surface area contributed by atoms with Crippen LogP contribution in [0.5, 0.6) is 0 Å². The van der Waals surface area contributed by atoms with Crippen molar-refractivity contribution in [3.05, 3.63) is 49.1 Å². The highest BCUT2D eigenvalue weighted by atomic mass is 79.9. The van der Waals surface area contributed by atoms with Crippen LogP contribution in [0.2, 0.25) is 5.02 Å². The summed E-state index contributed by atoms with van der Waals surface area (Å²) in [5.41, 5.74) is 1.54. The number of rotatable bonds is 5. The molecule has 0 saturated heterocycles. The molecule has 1 aromatic heterocycles. The molecule has 0 bridgehead atoms. The summed E-state index contributed by atoms with van der Waals surface area (Å²) < 4.78 is 14.9. The van der Waals surface area contributed by atoms with Crippen molar-refractivity contribution in [3.63, 3.8) is 0 Å². The maximum absolute atomic E-state index is 14.3. The van der Waals surface area contributed by atoms with Crippen molar-refractivity contribution in [2.75, 3.05) is 6.54 Å². The normalized spacial score (nSPS) is 12.7. The van der Waals surface area contributed by atoms with Gasteiger partial charge in [0.25, 0.3) is 0 Å². The van der Waals surface area contributed by atoms with Gasteiger partial charge >= 0.3 is 0 Å². The molecule has 0 saturated carbocycles. The van der Waals surface area contributed by atoms with Crippen molar-refractivity contribution >= 4 is 38.9 Å². The first kappa shape index (κ1) is 15.9. The Labute approximate surface area is 135 Å². The van der Waals surface area contributed by atoms with E-state index in [-0.39, 0.29) is 16.9 Å². The molecule has 6 heteroatoms. The Morgan fingerprint density at radius 3 is 2.85 bits per heavy atom. The summed E-state index contributed by atoms with van der Waals surface area (Å²) in [6.07, 6.45) is 0.646. The number of benzene rings is 1. The first-order valence-corrected chi connectivity index (χ1v) is 8.35. The summed E-state index contributed by atoms with van der Waals surface area (Å²) in [7, 11) is 0. The van der Waals surface area contributed by atoms with Crippen molar-refractivity contribution < 1.29 is 4.39 Å². The number of thiazole rings is 1. The van der Waals surface area contributed by atoms with Crippen LogP contribution >= 0.6 is 38.9 Å². The van der Waals surface area contributed by atoms with Gasteiger partial charge in [0.2, 0.25) is 0 Å². The van der Waals surface area contributed by atoms with Gasteiger partial charge in [-0.2, -0.15) is 0 Å². The monoisotopic (exact) mass is 376 g/mol. The summed E-state index contributed by atoms with van der Waals surface area (Å²) in [5.74, 6) is -0.376. The molecule has 0 spiro atoms. The first-order chi connectivity index (χ1) is 9.52. The minimum absolute atomic E-state index is 0.125. The highest BCUT2D eigenvalue weighted by Crippen LogP contribution is 2.31. The van der Waals surface area contributed by atoms with Gasteiger partial charge in [-0.25, -0.2) is 9.37 Å². The van der Waals surface area contributed by atoms with E-state index in [4.69, 9.17) is 11.6 Å². The third kappa shape index (κ3) is 3.58. The predicted octanol–water partition coefficient (Wildman–Crippen LogP) is 4.90. The predicted molar refractivity (Wildman–Crippen MR) is 86.1 cm³/mol. The fourth-order valence-electron chi connectivity index (χ4n) is 2.06. The summed E-state index contributed by atoms with van der Waals surface area (Å²) in [6, 6.07) is 3.40. The van der Waals surface area contributed by atoms with E-state index in [1.165, 1.54) is 0 Å². The maximum Gasteiger partial charge on any atom is 0.147 e. The number of hydrogen-bond acceptors (Lipinski definition) is 3. The molecule has 1 aromatic carbocycles. The second-order valence-electron chi connectivity index (χ2n) is 4.44. The van der Waals surface area contributed by atoms with E-state index < -0.39 is 0 Å². The molecule has 20 heavy (non-hydrogen) atoms. The van der Waals surface area contributed by atoms with E-state index in [9.17, 15) is 4.39 Å². The van der Waals surface area contributed by atoms with E-state index in [0.29, 0.717) is 16.5 Å². The lowest BCUT2D eigenvalue weighted by Gasteiger charge is -2.19. The second-order valence-corrected chi connectivity index (χ2v) is 6.73. The molecule has 2 rings (SSSR count). The third-order valence-corrected chi connectivity index (χ3v) is 5.05. The Hall–Kier alpha value is -0.490. The summed E-state index contributed by atoms with van der Waals surface area (Å²) in [4.78, 5) is 4.44. The molecular weight excluding hydrogens is 363 g/mol. The molecule has 1 heterocycles. The summed E-state index contributed by atoms with van der Waals surface area (Å²) in [5, 5.41) is 6.45. The number of halogens is 3. The van der Waals surface area contributed by atoms with E-state index in [1.54, 1.807) is 23.5 Å². The molecule has 0 radical (unpaired) electrons. The largest absolute Gasteiger partial charge is 0.310 e. The molecule has 2 aromatic rings. The zero-order valence-electron chi connectivity index (χ0n) is 11.2. The lowest BCUT2D eigenvalue weighted by atomic mass is 10.0. The average molecular weight is 378 g/mol. The van der Waals surface area contributed by atoms with Crippen LogP contribution in [0.1, 0.15) is 29.2 Å². The SMILES string of the molecule is CCNC(Cc1csc(C)n1)c1ccc(Br)c(Cl)c1F. The Balaban J connectivity index is 2.31. The van der Waals surface area contributed by atoms with E-state index in [2.05, 4.69) is 26.2 Å². The smallest absolute Gasteiger partial charge is 0.147 e. The van der Waals surface area contributed by atoms with Gasteiger partial charge in [-0.3, -0.25) is 0 Å². The van der Waals surface area contributed by atoms with Crippen LogP contribution in [0.25, 0.3) is 0 Å². The van der Waals surface area contributed by atoms with E-state index >= 15 is 0 Å². The van der Waals surface area contributed by atoms with Crippen molar-refractivity contribution in [2.45, 2.75) is 26.3 Å². The molecule has 0 aliphatic heterocycles. The summed E-state index contributed by atoms with van der Waals surface area (Å²) >= 11 is 10.8. The molecule has 108 valence electrons. The molecular formula is C14H15BrClFN2S. The number of nitrogens with zero attached hydrogens (tertiary/aromatic N) is 1. The highest BCUT2D eigenvalue weighted by Gasteiger charge is 2.19. The Kier molecular flexibility index (Phi) is 5.55. The van der Waals surface area contributed by atoms with Gasteiger partial charge in [0.15, 0.2) is 0 Å². The number of nitrogens with one attached hydrogen (secondary N) is 1. The Bertz CT molecular complexity index is 603. The van der Waals surface area contributed by atoms with Crippen LogP contribution in [0, 0.1) is 12.7 Å². The Morgan fingerprint density at radius 1 is 1.50 bits per heavy atom. The standard InChI is InChI=1S/C14H15BrClFN2S/c1-3-18-12(6-9-7-20-8(2)19-9)10-4-5-11(15)13(16)14(10)17/h4-5,7,12,18H,3,6H2,1-2H3. The molecule has 2 nitrogen and oxygen atoms in total. The number of likely N-dealkylation sites (N-methyl/N-ethyl adjacent to an activating group) is 1. The van der Waals surface area contributed by atoms with Crippen molar-refractivity contribution in [3.8, 4) is 0 Å². The van der Waals surface area contributed by atoms with Crippen LogP contribution in [0.4, 0.5) is 4.39 Å². The fourth-order valence-corrected chi connectivity index (χ4v) is 3.16. The number of aromatic nitrogens is 1. The molecule has 0 aliphatic rings. The summed E-state index contributed by atoms with van der Waals surface area (Å²) in [6.45, 7) is 4.71. The molecule has 0 fully saturated rings. The highest BCUT2D eigenvalue weighted by molar-refractivity contribution is 9.10. The molecule has 0 amide bonds. The van der Waals surface area contributed by atoms with Crippen molar-refractivity contribution in [2.24, 2.45) is 0 Å². The number of hydrogen-bond donors (Lipinski definition) is 1. The van der Waals surface area contributed by atoms with Gasteiger partial charge in [0, 0.05) is 27.9 Å².